The summed E-state index contributed by atoms with van der Waals surface area (Å²) in [6.07, 6.45) is -2.25. The topological polar surface area (TPSA) is 51.3 Å². The minimum Gasteiger partial charge on any atom is -0.337 e. The maximum absolute atomic E-state index is 12.4. The van der Waals surface area contributed by atoms with E-state index < -0.39 is 12.7 Å². The van der Waals surface area contributed by atoms with Crippen molar-refractivity contribution in [2.75, 3.05) is 19.6 Å². The summed E-state index contributed by atoms with van der Waals surface area (Å²) >= 11 is 0. The van der Waals surface area contributed by atoms with Crippen LogP contribution in [0.1, 0.15) is 16.9 Å². The van der Waals surface area contributed by atoms with Gasteiger partial charge in [-0.15, -0.1) is 0 Å². The molecule has 106 valence electrons. The minimum absolute atomic E-state index is 0.0787. The number of aromatic nitrogens is 1. The lowest BCUT2D eigenvalue weighted by Crippen LogP contribution is -2.32. The quantitative estimate of drug-likeness (QED) is 0.908. The van der Waals surface area contributed by atoms with Crippen molar-refractivity contribution in [1.29, 1.82) is 0 Å². The van der Waals surface area contributed by atoms with E-state index in [2.05, 4.69) is 0 Å². The van der Waals surface area contributed by atoms with Gasteiger partial charge in [-0.2, -0.15) is 13.2 Å². The molecule has 4 nitrogen and oxygen atoms in total. The van der Waals surface area contributed by atoms with Crippen LogP contribution in [0.2, 0.25) is 0 Å². The Morgan fingerprint density at radius 2 is 2.21 bits per heavy atom. The van der Waals surface area contributed by atoms with Gasteiger partial charge in [-0.05, 0) is 31.0 Å². The van der Waals surface area contributed by atoms with E-state index in [0.717, 1.165) is 11.0 Å². The van der Waals surface area contributed by atoms with Crippen LogP contribution < -0.4 is 5.73 Å². The van der Waals surface area contributed by atoms with E-state index >= 15 is 0 Å². The van der Waals surface area contributed by atoms with E-state index in [1.807, 2.05) is 0 Å². The second kappa shape index (κ2) is 5.24. The fourth-order valence-corrected chi connectivity index (χ4v) is 2.31. The van der Waals surface area contributed by atoms with Gasteiger partial charge >= 0.3 is 6.18 Å². The summed E-state index contributed by atoms with van der Waals surface area (Å²) in [4.78, 5) is 13.7. The van der Waals surface area contributed by atoms with Gasteiger partial charge in [0, 0.05) is 19.3 Å². The average Bonchev–Trinajstić information content (AvgIpc) is 2.94. The van der Waals surface area contributed by atoms with E-state index in [1.165, 1.54) is 18.3 Å². The molecule has 0 radical (unpaired) electrons. The second-order valence-electron chi connectivity index (χ2n) is 4.78. The Balaban J connectivity index is 2.10. The molecule has 1 atom stereocenters. The number of alkyl halides is 3. The molecule has 0 saturated carbocycles. The van der Waals surface area contributed by atoms with Crippen molar-refractivity contribution >= 4 is 5.91 Å². The highest BCUT2D eigenvalue weighted by atomic mass is 19.4. The summed E-state index contributed by atoms with van der Waals surface area (Å²) < 4.78 is 38.1. The number of hydrogen-bond acceptors (Lipinski definition) is 2. The number of hydrogen-bond donors (Lipinski definition) is 1. The van der Waals surface area contributed by atoms with Gasteiger partial charge in [-0.1, -0.05) is 0 Å². The molecule has 1 aromatic rings. The molecule has 1 unspecified atom stereocenters. The van der Waals surface area contributed by atoms with Gasteiger partial charge in [0.2, 0.25) is 0 Å². The van der Waals surface area contributed by atoms with Crippen LogP contribution in [-0.4, -0.2) is 41.2 Å². The number of amides is 1. The summed E-state index contributed by atoms with van der Waals surface area (Å²) in [5.41, 5.74) is 5.61. The first-order chi connectivity index (χ1) is 8.90. The van der Waals surface area contributed by atoms with Crippen LogP contribution in [0, 0.1) is 5.92 Å². The van der Waals surface area contributed by atoms with Crippen LogP contribution >= 0.6 is 0 Å². The van der Waals surface area contributed by atoms with E-state index in [9.17, 15) is 18.0 Å². The highest BCUT2D eigenvalue weighted by molar-refractivity contribution is 5.93. The number of rotatable bonds is 3. The van der Waals surface area contributed by atoms with Crippen LogP contribution in [0.3, 0.4) is 0 Å². The summed E-state index contributed by atoms with van der Waals surface area (Å²) in [6, 6.07) is 2.87. The minimum atomic E-state index is -4.33. The van der Waals surface area contributed by atoms with Gasteiger partial charge in [0.1, 0.15) is 12.2 Å². The van der Waals surface area contributed by atoms with E-state index in [0.29, 0.717) is 19.6 Å². The molecular formula is C12H16F3N3O. The fourth-order valence-electron chi connectivity index (χ4n) is 2.31. The third kappa shape index (κ3) is 3.28. The maximum Gasteiger partial charge on any atom is 0.406 e. The van der Waals surface area contributed by atoms with Gasteiger partial charge in [0.25, 0.3) is 5.91 Å². The standard InChI is InChI=1S/C12H16F3N3O/c13-12(14,15)8-18-4-1-2-10(18)11(19)17-5-3-9(6-16)7-17/h1-2,4,9H,3,5-8,16H2. The number of likely N-dealkylation sites (tertiary alicyclic amines) is 1. The molecule has 2 rings (SSSR count). The normalized spacial score (nSPS) is 20.0. The van der Waals surface area contributed by atoms with Crippen molar-refractivity contribution in [3.63, 3.8) is 0 Å². The first-order valence-electron chi connectivity index (χ1n) is 6.12. The summed E-state index contributed by atoms with van der Waals surface area (Å²) in [5.74, 6) is -0.111. The smallest absolute Gasteiger partial charge is 0.337 e. The van der Waals surface area contributed by atoms with Crippen molar-refractivity contribution in [3.05, 3.63) is 24.0 Å². The second-order valence-corrected chi connectivity index (χ2v) is 4.78. The molecule has 1 aromatic heterocycles. The molecule has 1 saturated heterocycles. The largest absolute Gasteiger partial charge is 0.406 e. The van der Waals surface area contributed by atoms with Gasteiger partial charge in [0.15, 0.2) is 0 Å². The van der Waals surface area contributed by atoms with Gasteiger partial charge in [-0.3, -0.25) is 4.79 Å². The van der Waals surface area contributed by atoms with Crippen LogP contribution in [0.25, 0.3) is 0 Å². The monoisotopic (exact) mass is 275 g/mol. The molecule has 0 aromatic carbocycles. The Bertz CT molecular complexity index is 455. The van der Waals surface area contributed by atoms with Crippen molar-refractivity contribution in [3.8, 4) is 0 Å². The zero-order valence-corrected chi connectivity index (χ0v) is 10.4. The van der Waals surface area contributed by atoms with E-state index in [1.54, 1.807) is 4.90 Å². The fraction of sp³-hybridized carbons (Fsp3) is 0.583. The average molecular weight is 275 g/mol. The van der Waals surface area contributed by atoms with Crippen LogP contribution in [0.15, 0.2) is 18.3 Å². The molecule has 1 aliphatic rings. The third-order valence-electron chi connectivity index (χ3n) is 3.30. The number of carbonyl (C=O) groups excluding carboxylic acids is 1. The van der Waals surface area contributed by atoms with Crippen molar-refractivity contribution < 1.29 is 18.0 Å². The number of halogens is 3. The van der Waals surface area contributed by atoms with Crippen LogP contribution in [-0.2, 0) is 6.54 Å². The number of carbonyl (C=O) groups is 1. The Morgan fingerprint density at radius 1 is 1.47 bits per heavy atom. The molecule has 0 spiro atoms. The van der Waals surface area contributed by atoms with Gasteiger partial charge < -0.3 is 15.2 Å². The molecule has 1 aliphatic heterocycles. The number of nitrogens with zero attached hydrogens (tertiary/aromatic N) is 2. The predicted octanol–water partition coefficient (Wildman–Crippen LogP) is 1.47. The molecule has 0 bridgehead atoms. The Kier molecular flexibility index (Phi) is 3.84. The lowest BCUT2D eigenvalue weighted by Gasteiger charge is -2.18. The molecule has 2 heterocycles. The molecule has 0 aliphatic carbocycles. The Hall–Kier alpha value is -1.50. The molecule has 2 N–H and O–H groups in total. The zero-order valence-electron chi connectivity index (χ0n) is 10.4. The highest BCUT2D eigenvalue weighted by Gasteiger charge is 2.32. The molecule has 1 amide bonds. The van der Waals surface area contributed by atoms with Gasteiger partial charge in [0.05, 0.1) is 0 Å². The molecule has 7 heteroatoms. The number of nitrogens with two attached hydrogens (primary N) is 1. The zero-order chi connectivity index (χ0) is 14.0. The van der Waals surface area contributed by atoms with Crippen molar-refractivity contribution in [1.82, 2.24) is 9.47 Å². The first-order valence-corrected chi connectivity index (χ1v) is 6.12. The lowest BCUT2D eigenvalue weighted by atomic mass is 10.1. The van der Waals surface area contributed by atoms with Gasteiger partial charge in [-0.25, -0.2) is 0 Å². The SMILES string of the molecule is NCC1CCN(C(=O)c2cccn2CC(F)(F)F)C1. The highest BCUT2D eigenvalue weighted by Crippen LogP contribution is 2.22. The van der Waals surface area contributed by atoms with Crippen molar-refractivity contribution in [2.45, 2.75) is 19.1 Å². The van der Waals surface area contributed by atoms with E-state index in [-0.39, 0.29) is 17.5 Å². The maximum atomic E-state index is 12.4. The molecular weight excluding hydrogens is 259 g/mol. The lowest BCUT2D eigenvalue weighted by molar-refractivity contribution is -0.140. The third-order valence-corrected chi connectivity index (χ3v) is 3.30. The van der Waals surface area contributed by atoms with E-state index in [4.69, 9.17) is 5.73 Å². The summed E-state index contributed by atoms with van der Waals surface area (Å²) in [5, 5.41) is 0. The summed E-state index contributed by atoms with van der Waals surface area (Å²) in [6.45, 7) is 0.424. The Labute approximate surface area is 109 Å². The predicted molar refractivity (Wildman–Crippen MR) is 63.6 cm³/mol. The molecule has 1 fully saturated rings. The Morgan fingerprint density at radius 3 is 2.79 bits per heavy atom. The van der Waals surface area contributed by atoms with Crippen molar-refractivity contribution in [2.24, 2.45) is 11.7 Å². The first kappa shape index (κ1) is 13.9. The van der Waals surface area contributed by atoms with Crippen LogP contribution in [0.5, 0.6) is 0 Å². The van der Waals surface area contributed by atoms with Crippen LogP contribution in [0.4, 0.5) is 13.2 Å². The molecule has 19 heavy (non-hydrogen) atoms. The summed E-state index contributed by atoms with van der Waals surface area (Å²) in [7, 11) is 0.